The van der Waals surface area contributed by atoms with E-state index in [9.17, 15) is 0 Å². The second kappa shape index (κ2) is 12.2. The molecule has 0 radical (unpaired) electrons. The van der Waals surface area contributed by atoms with Gasteiger partial charge in [0.05, 0.1) is 0 Å². The summed E-state index contributed by atoms with van der Waals surface area (Å²) < 4.78 is 0. The van der Waals surface area contributed by atoms with Gasteiger partial charge in [-0.3, -0.25) is 0 Å². The van der Waals surface area contributed by atoms with E-state index >= 15 is 0 Å². The van der Waals surface area contributed by atoms with Gasteiger partial charge in [0.15, 0.2) is 0 Å². The van der Waals surface area contributed by atoms with Crippen LogP contribution in [0.15, 0.2) is 166 Å². The van der Waals surface area contributed by atoms with Crippen molar-refractivity contribution in [3.8, 4) is 22.3 Å². The zero-order valence-electron chi connectivity index (χ0n) is 27.2. The van der Waals surface area contributed by atoms with Crippen molar-refractivity contribution < 1.29 is 0 Å². The fraction of sp³-hybridized carbons (Fsp3) is 0.149. The molecule has 2 aliphatic carbocycles. The lowest BCUT2D eigenvalue weighted by molar-refractivity contribution is 0.447. The van der Waals surface area contributed by atoms with Crippen LogP contribution in [0, 0.1) is 11.2 Å². The van der Waals surface area contributed by atoms with Crippen LogP contribution in [0.1, 0.15) is 60.3 Å². The molecule has 0 aromatic heterocycles. The Labute approximate surface area is 285 Å². The molecule has 0 nitrogen and oxygen atoms in total. The molecule has 0 amide bonds. The predicted octanol–water partition coefficient (Wildman–Crippen LogP) is 12.9. The van der Waals surface area contributed by atoms with Gasteiger partial charge in [-0.05, 0) is 110 Å². The Hall–Kier alpha value is -5.03. The van der Waals surface area contributed by atoms with Gasteiger partial charge in [-0.25, -0.2) is 0 Å². The third kappa shape index (κ3) is 4.70. The van der Waals surface area contributed by atoms with Crippen LogP contribution in [0.5, 0.6) is 0 Å². The Morgan fingerprint density at radius 2 is 1.02 bits per heavy atom. The van der Waals surface area contributed by atoms with Gasteiger partial charge < -0.3 is 0 Å². The first-order valence-electron chi connectivity index (χ1n) is 17.4. The molecule has 0 unspecified atom stereocenters. The highest BCUT2D eigenvalue weighted by Gasteiger charge is 2.34. The van der Waals surface area contributed by atoms with E-state index < -0.39 is 10.0 Å². The van der Waals surface area contributed by atoms with Gasteiger partial charge in [0, 0.05) is 20.2 Å². The monoisotopic (exact) mass is 634 g/mol. The van der Waals surface area contributed by atoms with Crippen molar-refractivity contribution in [1.29, 1.82) is 0 Å². The Morgan fingerprint density at radius 1 is 0.479 bits per heavy atom. The summed E-state index contributed by atoms with van der Waals surface area (Å²) in [5.41, 5.74) is 8.21. The van der Waals surface area contributed by atoms with Crippen LogP contribution in [0.25, 0.3) is 32.7 Å². The molecule has 1 saturated carbocycles. The summed E-state index contributed by atoms with van der Waals surface area (Å²) in [7, 11) is -2.00. The van der Waals surface area contributed by atoms with E-state index in [1.54, 1.807) is 0 Å². The Kier molecular flexibility index (Phi) is 7.41. The summed E-state index contributed by atoms with van der Waals surface area (Å²) >= 11 is 0. The number of hydrogen-bond donors (Lipinski definition) is 0. The van der Waals surface area contributed by atoms with Gasteiger partial charge in [0.25, 0.3) is 0 Å². The number of hydrogen-bond acceptors (Lipinski definition) is 0. The van der Waals surface area contributed by atoms with Crippen LogP contribution >= 0.6 is 10.0 Å². The third-order valence-corrected chi connectivity index (χ3v) is 14.1. The first-order valence-corrected chi connectivity index (χ1v) is 19.1. The highest BCUT2D eigenvalue weighted by Crippen LogP contribution is 2.69. The van der Waals surface area contributed by atoms with Gasteiger partial charge in [-0.1, -0.05) is 157 Å². The van der Waals surface area contributed by atoms with Crippen LogP contribution in [-0.4, -0.2) is 0 Å². The minimum absolute atomic E-state index is 0.599. The molecule has 0 heterocycles. The third-order valence-electron chi connectivity index (χ3n) is 10.6. The van der Waals surface area contributed by atoms with Crippen molar-refractivity contribution in [2.24, 2.45) is 0 Å². The van der Waals surface area contributed by atoms with Crippen LogP contribution in [0.3, 0.4) is 0 Å². The normalized spacial score (nSPS) is 14.7. The molecule has 1 fully saturated rings. The lowest BCUT2D eigenvalue weighted by Crippen LogP contribution is -2.07. The molecule has 0 aliphatic heterocycles. The average Bonchev–Trinajstić information content (AvgIpc) is 3.55. The second-order valence-electron chi connectivity index (χ2n) is 13.3. The lowest BCUT2D eigenvalue weighted by atomic mass is 9.78. The topological polar surface area (TPSA) is 0 Å². The first-order chi connectivity index (χ1) is 23.8. The molecule has 48 heavy (non-hydrogen) atoms. The van der Waals surface area contributed by atoms with E-state index in [2.05, 4.69) is 163 Å². The molecule has 0 N–H and O–H groups in total. The zero-order valence-corrected chi connectivity index (χ0v) is 28.0. The largest absolute Gasteiger partial charge is 0.0945 e. The van der Waals surface area contributed by atoms with Crippen LogP contribution < -0.4 is 0 Å². The molecule has 0 bridgehead atoms. The average molecular weight is 635 g/mol. The van der Waals surface area contributed by atoms with Gasteiger partial charge in [-0.15, -0.1) is 0 Å². The molecule has 0 atom stereocenters. The molecule has 1 heteroatoms. The second-order valence-corrected chi connectivity index (χ2v) is 16.1. The summed E-state index contributed by atoms with van der Waals surface area (Å²) in [6.07, 6.45) is 7.47. The molecule has 232 valence electrons. The van der Waals surface area contributed by atoms with Gasteiger partial charge in [-0.2, -0.15) is 0 Å². The van der Waals surface area contributed by atoms with Gasteiger partial charge >= 0.3 is 0 Å². The summed E-state index contributed by atoms with van der Waals surface area (Å²) in [5, 5.41) is 9.49. The maximum atomic E-state index is 4.17. The molecule has 7 aromatic rings. The van der Waals surface area contributed by atoms with E-state index in [1.165, 1.54) is 96.2 Å². The van der Waals surface area contributed by atoms with Crippen molar-refractivity contribution in [3.05, 3.63) is 174 Å². The van der Waals surface area contributed by atoms with Crippen LogP contribution in [-0.2, 0) is 6.42 Å². The van der Waals surface area contributed by atoms with Gasteiger partial charge in [0.1, 0.15) is 0 Å². The van der Waals surface area contributed by atoms with Crippen LogP contribution in [0.2, 0.25) is 0 Å². The van der Waals surface area contributed by atoms with Crippen molar-refractivity contribution in [3.63, 3.8) is 0 Å². The predicted molar refractivity (Wildman–Crippen MR) is 204 cm³/mol. The fourth-order valence-corrected chi connectivity index (χ4v) is 11.8. The number of fused-ring (bicyclic) bond motifs is 5. The summed E-state index contributed by atoms with van der Waals surface area (Å²) in [6, 6.07) is 56.2. The summed E-state index contributed by atoms with van der Waals surface area (Å²) in [6.45, 7) is 0. The van der Waals surface area contributed by atoms with E-state index in [4.69, 9.17) is 0 Å². The summed E-state index contributed by atoms with van der Waals surface area (Å²) in [4.78, 5) is 3.91. The van der Waals surface area contributed by atoms with E-state index in [-0.39, 0.29) is 0 Å². The Morgan fingerprint density at radius 3 is 1.67 bits per heavy atom. The van der Waals surface area contributed by atoms with Crippen molar-refractivity contribution in [1.82, 2.24) is 0 Å². The molecule has 0 saturated heterocycles. The highest BCUT2D eigenvalue weighted by atomic mass is 32.3. The Balaban J connectivity index is 1.37. The molecule has 2 aliphatic rings. The van der Waals surface area contributed by atoms with Crippen molar-refractivity contribution >= 4 is 31.6 Å². The number of benzene rings is 7. The first kappa shape index (κ1) is 29.1. The maximum absolute atomic E-state index is 4.17. The molecular weight excluding hydrogens is 597 g/mol. The minimum atomic E-state index is -2.00. The molecule has 0 spiro atoms. The number of rotatable bonds is 4. The SMILES string of the molecule is C(#CS(c1ccccc1)(c1ccccc1)c1cccc2c1Cc1ccccc1-2)c1c2ccccc2c(C2CCCCC2)c2ccccc12. The highest BCUT2D eigenvalue weighted by molar-refractivity contribution is 8.37. The minimum Gasteiger partial charge on any atom is -0.0945 e. The maximum Gasteiger partial charge on any atom is 0.0411 e. The molecule has 9 rings (SSSR count). The quantitative estimate of drug-likeness (QED) is 0.133. The standard InChI is InChI=1S/C47H38S/c1-4-17-34(18-5-1)47-43-27-14-12-25-40(43)42(41-26-13-15-28-44(41)47)31-32-48(36-20-6-2-7-21-36,37-22-8-3-9-23-37)46-30-16-29-39-38-24-11-10-19-35(38)33-45(39)46/h2-3,6-16,19-30,34H,1,4-5,17-18,33H2. The van der Waals surface area contributed by atoms with E-state index in [0.29, 0.717) is 5.92 Å². The van der Waals surface area contributed by atoms with Crippen molar-refractivity contribution in [2.45, 2.75) is 59.1 Å². The zero-order chi connectivity index (χ0) is 31.9. The Bertz CT molecular complexity index is 2250. The van der Waals surface area contributed by atoms with E-state index in [1.807, 2.05) is 0 Å². The molecule has 7 aromatic carbocycles. The van der Waals surface area contributed by atoms with Crippen LogP contribution in [0.4, 0.5) is 0 Å². The lowest BCUT2D eigenvalue weighted by Gasteiger charge is -2.37. The molecular formula is C47H38S. The summed E-state index contributed by atoms with van der Waals surface area (Å²) in [5.74, 6) is 4.60. The fourth-order valence-electron chi connectivity index (χ4n) is 8.48. The van der Waals surface area contributed by atoms with E-state index in [0.717, 1.165) is 12.0 Å². The van der Waals surface area contributed by atoms with Gasteiger partial charge in [0.2, 0.25) is 0 Å². The van der Waals surface area contributed by atoms with Crippen molar-refractivity contribution in [2.75, 3.05) is 0 Å². The smallest absolute Gasteiger partial charge is 0.0411 e.